The molecule has 5 rings (SSSR count). The van der Waals surface area contributed by atoms with E-state index < -0.39 is 11.7 Å². The number of nitrogens with one attached hydrogen (secondary N) is 1. The average molecular weight is 618 g/mol. The quantitative estimate of drug-likeness (QED) is 0.253. The van der Waals surface area contributed by atoms with E-state index in [1.165, 1.54) is 29.2 Å². The molecule has 0 radical (unpaired) electrons. The number of methoxy groups -OCH3 is 3. The molecule has 0 spiro atoms. The van der Waals surface area contributed by atoms with Crippen LogP contribution in [0, 0.1) is 5.82 Å². The van der Waals surface area contributed by atoms with Crippen LogP contribution >= 0.6 is 0 Å². The Balaban J connectivity index is 1.42. The molecule has 3 aromatic carbocycles. The summed E-state index contributed by atoms with van der Waals surface area (Å²) in [5.74, 6) is 0.749. The summed E-state index contributed by atoms with van der Waals surface area (Å²) in [6.45, 7) is 3.32. The minimum absolute atomic E-state index is 0.239. The van der Waals surface area contributed by atoms with Crippen LogP contribution in [0.2, 0.25) is 0 Å². The lowest BCUT2D eigenvalue weighted by atomic mass is 10.1. The number of benzene rings is 3. The summed E-state index contributed by atoms with van der Waals surface area (Å²) in [5, 5.41) is 2.90. The molecule has 1 N–H and O–H groups in total. The van der Waals surface area contributed by atoms with Gasteiger partial charge in [0, 0.05) is 49.6 Å². The summed E-state index contributed by atoms with van der Waals surface area (Å²) in [6, 6.07) is 18.1. The number of amides is 2. The zero-order valence-electron chi connectivity index (χ0n) is 25.5. The van der Waals surface area contributed by atoms with Crippen LogP contribution < -0.4 is 19.5 Å². The van der Waals surface area contributed by atoms with Crippen LogP contribution in [0.3, 0.4) is 0 Å². The largest absolute Gasteiger partial charge is 0.497 e. The normalized spacial score (nSPS) is 13.2. The fraction of sp³-hybridized carbons (Fsp3) is 0.303. The molecule has 1 aliphatic heterocycles. The second-order valence-corrected chi connectivity index (χ2v) is 10.3. The molecular weight excluding hydrogens is 581 g/mol. The molecule has 0 unspecified atom stereocenters. The van der Waals surface area contributed by atoms with E-state index in [0.29, 0.717) is 60.5 Å². The number of anilines is 1. The molecule has 1 saturated heterocycles. The number of hydrogen-bond donors (Lipinski definition) is 1. The van der Waals surface area contributed by atoms with Gasteiger partial charge in [-0.05, 0) is 60.7 Å². The molecule has 4 aromatic rings. The molecule has 1 aromatic heterocycles. The molecule has 0 aliphatic carbocycles. The van der Waals surface area contributed by atoms with E-state index in [1.807, 2.05) is 30.3 Å². The van der Waals surface area contributed by atoms with Crippen molar-refractivity contribution in [2.24, 2.45) is 0 Å². The zero-order chi connectivity index (χ0) is 31.8. The van der Waals surface area contributed by atoms with Gasteiger partial charge in [0.15, 0.2) is 11.5 Å². The maximum Gasteiger partial charge on any atom is 0.254 e. The topological polar surface area (TPSA) is 107 Å². The van der Waals surface area contributed by atoms with Crippen LogP contribution in [0.4, 0.5) is 10.3 Å². The predicted molar refractivity (Wildman–Crippen MR) is 167 cm³/mol. The van der Waals surface area contributed by atoms with Crippen molar-refractivity contribution in [3.05, 3.63) is 84.3 Å². The number of rotatable bonds is 12. The molecule has 236 valence electrons. The van der Waals surface area contributed by atoms with Crippen LogP contribution in [0.5, 0.6) is 17.2 Å². The molecule has 0 atom stereocenters. The van der Waals surface area contributed by atoms with Crippen molar-refractivity contribution in [2.75, 3.05) is 72.6 Å². The van der Waals surface area contributed by atoms with Gasteiger partial charge in [-0.3, -0.25) is 24.4 Å². The summed E-state index contributed by atoms with van der Waals surface area (Å²) in [4.78, 5) is 35.5. The van der Waals surface area contributed by atoms with Crippen LogP contribution in [-0.4, -0.2) is 98.4 Å². The number of nitrogens with zero attached hydrogens (tertiary/aromatic N) is 4. The standard InChI is InChI=1S/C33H36FN5O6/c1-42-27-11-6-23(7-12-27)28-21-39(26-10-13-29(43-2)30(20-26)44-3)33(35-28)36-31(40)22-38(15-14-37-16-18-45-19-17-37)32(41)24-4-8-25(34)9-5-24/h4-13,20-21H,14-19,22H2,1-3H3,(H,35,36,40). The SMILES string of the molecule is COc1ccc(-c2cn(-c3ccc(OC)c(OC)c3)c(NC(=O)CN(CCN3CCOCC3)C(=O)c3ccc(F)cc3)n2)cc1. The Morgan fingerprint density at radius 2 is 1.64 bits per heavy atom. The van der Waals surface area contributed by atoms with Crippen LogP contribution in [0.15, 0.2) is 72.9 Å². The van der Waals surface area contributed by atoms with Crippen molar-refractivity contribution in [1.82, 2.24) is 19.4 Å². The van der Waals surface area contributed by atoms with E-state index in [-0.39, 0.29) is 18.4 Å². The summed E-state index contributed by atoms with van der Waals surface area (Å²) < 4.78 is 36.9. The first-order valence-electron chi connectivity index (χ1n) is 14.5. The van der Waals surface area contributed by atoms with Crippen LogP contribution in [0.25, 0.3) is 16.9 Å². The number of carbonyl (C=O) groups is 2. The third kappa shape index (κ3) is 7.78. The highest BCUT2D eigenvalue weighted by molar-refractivity contribution is 5.99. The van der Waals surface area contributed by atoms with Gasteiger partial charge in [-0.2, -0.15) is 0 Å². The Bertz CT molecular complexity index is 1600. The molecule has 12 heteroatoms. The Kier molecular flexibility index (Phi) is 10.3. The molecule has 2 heterocycles. The molecule has 2 amide bonds. The minimum Gasteiger partial charge on any atom is -0.497 e. The second kappa shape index (κ2) is 14.7. The van der Waals surface area contributed by atoms with E-state index in [2.05, 4.69) is 10.2 Å². The van der Waals surface area contributed by atoms with Gasteiger partial charge >= 0.3 is 0 Å². The lowest BCUT2D eigenvalue weighted by Gasteiger charge is -2.30. The number of imidazole rings is 1. The van der Waals surface area contributed by atoms with Gasteiger partial charge < -0.3 is 23.8 Å². The van der Waals surface area contributed by atoms with Crippen molar-refractivity contribution < 1.29 is 32.9 Å². The minimum atomic E-state index is -0.446. The number of halogens is 1. The number of morpholine rings is 1. The van der Waals surface area contributed by atoms with Gasteiger partial charge in [0.05, 0.1) is 45.9 Å². The highest BCUT2D eigenvalue weighted by Gasteiger charge is 2.23. The molecule has 0 saturated carbocycles. The van der Waals surface area contributed by atoms with Gasteiger partial charge in [0.1, 0.15) is 18.1 Å². The maximum absolute atomic E-state index is 13.6. The van der Waals surface area contributed by atoms with Gasteiger partial charge in [-0.15, -0.1) is 0 Å². The fourth-order valence-corrected chi connectivity index (χ4v) is 4.99. The Morgan fingerprint density at radius 1 is 0.933 bits per heavy atom. The van der Waals surface area contributed by atoms with Crippen LogP contribution in [-0.2, 0) is 9.53 Å². The molecule has 0 bridgehead atoms. The van der Waals surface area contributed by atoms with Crippen molar-refractivity contribution in [2.45, 2.75) is 0 Å². The summed E-state index contributed by atoms with van der Waals surface area (Å²) in [5.41, 5.74) is 2.38. The number of ether oxygens (including phenoxy) is 4. The first kappa shape index (κ1) is 31.5. The predicted octanol–water partition coefficient (Wildman–Crippen LogP) is 4.12. The molecule has 1 fully saturated rings. The number of carbonyl (C=O) groups excluding carboxylic acids is 2. The van der Waals surface area contributed by atoms with Crippen molar-refractivity contribution in [3.8, 4) is 34.2 Å². The summed E-state index contributed by atoms with van der Waals surface area (Å²) in [7, 11) is 4.70. The summed E-state index contributed by atoms with van der Waals surface area (Å²) >= 11 is 0. The first-order chi connectivity index (χ1) is 21.9. The Morgan fingerprint density at radius 3 is 2.31 bits per heavy atom. The van der Waals surface area contributed by atoms with E-state index >= 15 is 0 Å². The monoisotopic (exact) mass is 617 g/mol. The van der Waals surface area contributed by atoms with Crippen molar-refractivity contribution >= 4 is 17.8 Å². The molecule has 1 aliphatic rings. The number of hydrogen-bond acceptors (Lipinski definition) is 8. The van der Waals surface area contributed by atoms with Crippen molar-refractivity contribution in [3.63, 3.8) is 0 Å². The third-order valence-corrected chi connectivity index (χ3v) is 7.49. The average Bonchev–Trinajstić information content (AvgIpc) is 3.50. The smallest absolute Gasteiger partial charge is 0.254 e. The highest BCUT2D eigenvalue weighted by Crippen LogP contribution is 2.32. The van der Waals surface area contributed by atoms with E-state index in [1.54, 1.807) is 44.2 Å². The Labute approximate surface area is 261 Å². The van der Waals surface area contributed by atoms with E-state index in [9.17, 15) is 14.0 Å². The van der Waals surface area contributed by atoms with Gasteiger partial charge in [-0.1, -0.05) is 0 Å². The fourth-order valence-electron chi connectivity index (χ4n) is 4.99. The Hall–Kier alpha value is -4.94. The maximum atomic E-state index is 13.6. The first-order valence-corrected chi connectivity index (χ1v) is 14.5. The molecule has 11 nitrogen and oxygen atoms in total. The van der Waals surface area contributed by atoms with Gasteiger partial charge in [-0.25, -0.2) is 9.37 Å². The van der Waals surface area contributed by atoms with Crippen LogP contribution in [0.1, 0.15) is 10.4 Å². The number of aromatic nitrogens is 2. The molecule has 45 heavy (non-hydrogen) atoms. The van der Waals surface area contributed by atoms with Crippen molar-refractivity contribution in [1.29, 1.82) is 0 Å². The highest BCUT2D eigenvalue weighted by atomic mass is 19.1. The third-order valence-electron chi connectivity index (χ3n) is 7.49. The van der Waals surface area contributed by atoms with E-state index in [0.717, 1.165) is 18.7 Å². The lowest BCUT2D eigenvalue weighted by molar-refractivity contribution is -0.117. The lowest BCUT2D eigenvalue weighted by Crippen LogP contribution is -2.45. The summed E-state index contributed by atoms with van der Waals surface area (Å²) in [6.07, 6.45) is 1.80. The molecular formula is C33H36FN5O6. The second-order valence-electron chi connectivity index (χ2n) is 10.3. The van der Waals surface area contributed by atoms with Gasteiger partial charge in [0.25, 0.3) is 5.91 Å². The van der Waals surface area contributed by atoms with E-state index in [4.69, 9.17) is 23.9 Å². The van der Waals surface area contributed by atoms with Gasteiger partial charge in [0.2, 0.25) is 11.9 Å². The zero-order valence-corrected chi connectivity index (χ0v) is 25.5.